The van der Waals surface area contributed by atoms with E-state index < -0.39 is 10.0 Å². The molecule has 2 bridgehead atoms. The molecule has 2 aromatic heterocycles. The Labute approximate surface area is 146 Å². The minimum Gasteiger partial charge on any atom is -0.310 e. The highest BCUT2D eigenvalue weighted by Gasteiger charge is 2.45. The largest absolute Gasteiger partial charge is 0.310 e. The molecule has 1 N–H and O–H groups in total. The molecule has 8 heteroatoms. The topological polar surface area (TPSA) is 96.0 Å². The molecule has 1 saturated heterocycles. The Morgan fingerprint density at radius 1 is 1.28 bits per heavy atom. The lowest BCUT2D eigenvalue weighted by molar-refractivity contribution is 0.327. The SMILES string of the molecule is CCc1nc2c(c(=O)[nH]1)CC1CCC(C2)N1S(=O)(=O)c1cccnc1. The number of hydrogen-bond donors (Lipinski definition) is 1. The first-order valence-corrected chi connectivity index (χ1v) is 9.99. The van der Waals surface area contributed by atoms with E-state index in [-0.39, 0.29) is 22.5 Å². The Bertz CT molecular complexity index is 956. The van der Waals surface area contributed by atoms with Gasteiger partial charge in [-0.15, -0.1) is 0 Å². The van der Waals surface area contributed by atoms with E-state index in [1.54, 1.807) is 22.6 Å². The number of aromatic amines is 1. The maximum absolute atomic E-state index is 13.1. The van der Waals surface area contributed by atoms with Gasteiger partial charge in [0.25, 0.3) is 5.56 Å². The quantitative estimate of drug-likeness (QED) is 0.882. The molecule has 4 rings (SSSR count). The van der Waals surface area contributed by atoms with Crippen LogP contribution in [-0.4, -0.2) is 39.8 Å². The van der Waals surface area contributed by atoms with Crippen LogP contribution in [0, 0.1) is 0 Å². The molecule has 2 atom stereocenters. The summed E-state index contributed by atoms with van der Waals surface area (Å²) in [5.74, 6) is 0.656. The van der Waals surface area contributed by atoms with Crippen molar-refractivity contribution in [2.75, 3.05) is 0 Å². The predicted octanol–water partition coefficient (Wildman–Crippen LogP) is 1.05. The molecule has 2 aliphatic heterocycles. The van der Waals surface area contributed by atoms with Crippen molar-refractivity contribution < 1.29 is 8.42 Å². The molecule has 1 fully saturated rings. The van der Waals surface area contributed by atoms with Gasteiger partial charge in [-0.05, 0) is 31.4 Å². The second kappa shape index (κ2) is 6.03. The summed E-state index contributed by atoms with van der Waals surface area (Å²) in [6.07, 6.45) is 6.04. The van der Waals surface area contributed by atoms with Gasteiger partial charge in [-0.2, -0.15) is 4.31 Å². The summed E-state index contributed by atoms with van der Waals surface area (Å²) in [6.45, 7) is 1.94. The fourth-order valence-corrected chi connectivity index (χ4v) is 5.77. The van der Waals surface area contributed by atoms with E-state index in [0.29, 0.717) is 30.7 Å². The number of H-pyrrole nitrogens is 1. The Morgan fingerprint density at radius 2 is 2.04 bits per heavy atom. The zero-order valence-electron chi connectivity index (χ0n) is 14.0. The normalized spacial score (nSPS) is 23.2. The van der Waals surface area contributed by atoms with Crippen LogP contribution < -0.4 is 5.56 Å². The first kappa shape index (κ1) is 16.4. The van der Waals surface area contributed by atoms with Crippen molar-refractivity contribution in [3.8, 4) is 0 Å². The fourth-order valence-electron chi connectivity index (χ4n) is 3.94. The number of nitrogens with one attached hydrogen (secondary N) is 1. The molecule has 25 heavy (non-hydrogen) atoms. The van der Waals surface area contributed by atoms with Crippen molar-refractivity contribution in [2.24, 2.45) is 0 Å². The molecule has 2 aromatic rings. The van der Waals surface area contributed by atoms with Gasteiger partial charge < -0.3 is 4.98 Å². The second-order valence-electron chi connectivity index (χ2n) is 6.61. The summed E-state index contributed by atoms with van der Waals surface area (Å²) >= 11 is 0. The van der Waals surface area contributed by atoms with Gasteiger partial charge in [-0.1, -0.05) is 6.92 Å². The lowest BCUT2D eigenvalue weighted by Gasteiger charge is -2.26. The van der Waals surface area contributed by atoms with Gasteiger partial charge in [0, 0.05) is 42.9 Å². The van der Waals surface area contributed by atoms with E-state index in [2.05, 4.69) is 15.0 Å². The highest BCUT2D eigenvalue weighted by atomic mass is 32.2. The van der Waals surface area contributed by atoms with Crippen LogP contribution in [0.25, 0.3) is 0 Å². The number of aryl methyl sites for hydroxylation is 1. The molecule has 0 aliphatic carbocycles. The van der Waals surface area contributed by atoms with Crippen molar-refractivity contribution in [1.29, 1.82) is 0 Å². The third-order valence-corrected chi connectivity index (χ3v) is 7.11. The molecule has 4 heterocycles. The minimum absolute atomic E-state index is 0.131. The Kier molecular flexibility index (Phi) is 3.96. The maximum Gasteiger partial charge on any atom is 0.254 e. The predicted molar refractivity (Wildman–Crippen MR) is 91.7 cm³/mol. The lowest BCUT2D eigenvalue weighted by atomic mass is 9.98. The average molecular weight is 360 g/mol. The monoisotopic (exact) mass is 360 g/mol. The third kappa shape index (κ3) is 2.69. The van der Waals surface area contributed by atoms with Crippen LogP contribution >= 0.6 is 0 Å². The van der Waals surface area contributed by atoms with Crippen LogP contribution in [0.2, 0.25) is 0 Å². The number of nitrogens with zero attached hydrogens (tertiary/aromatic N) is 3. The van der Waals surface area contributed by atoms with E-state index >= 15 is 0 Å². The zero-order chi connectivity index (χ0) is 17.6. The number of rotatable bonds is 3. The number of sulfonamides is 1. The van der Waals surface area contributed by atoms with Crippen LogP contribution in [0.3, 0.4) is 0 Å². The van der Waals surface area contributed by atoms with Gasteiger partial charge in [-0.3, -0.25) is 9.78 Å². The van der Waals surface area contributed by atoms with E-state index in [4.69, 9.17) is 0 Å². The van der Waals surface area contributed by atoms with Gasteiger partial charge >= 0.3 is 0 Å². The van der Waals surface area contributed by atoms with Crippen molar-refractivity contribution in [3.05, 3.63) is 52.0 Å². The lowest BCUT2D eigenvalue weighted by Crippen LogP contribution is -2.41. The van der Waals surface area contributed by atoms with Gasteiger partial charge in [0.05, 0.1) is 5.69 Å². The summed E-state index contributed by atoms with van der Waals surface area (Å²) in [7, 11) is -3.64. The Hall–Kier alpha value is -2.06. The van der Waals surface area contributed by atoms with Gasteiger partial charge in [0.1, 0.15) is 10.7 Å². The molecular formula is C17H20N4O3S. The van der Waals surface area contributed by atoms with Gasteiger partial charge in [-0.25, -0.2) is 13.4 Å². The molecule has 0 spiro atoms. The maximum atomic E-state index is 13.1. The molecule has 0 amide bonds. The molecule has 7 nitrogen and oxygen atoms in total. The van der Waals surface area contributed by atoms with Crippen molar-refractivity contribution in [3.63, 3.8) is 0 Å². The Morgan fingerprint density at radius 3 is 2.72 bits per heavy atom. The number of aromatic nitrogens is 3. The third-order valence-electron chi connectivity index (χ3n) is 5.12. The Balaban J connectivity index is 1.77. The van der Waals surface area contributed by atoms with Gasteiger partial charge in [0.2, 0.25) is 10.0 Å². The molecular weight excluding hydrogens is 340 g/mol. The smallest absolute Gasteiger partial charge is 0.254 e. The number of hydrogen-bond acceptors (Lipinski definition) is 5. The van der Waals surface area contributed by atoms with Crippen LogP contribution in [0.15, 0.2) is 34.2 Å². The van der Waals surface area contributed by atoms with E-state index in [1.807, 2.05) is 6.92 Å². The first-order chi connectivity index (χ1) is 12.0. The van der Waals surface area contributed by atoms with Crippen LogP contribution in [0.4, 0.5) is 0 Å². The molecule has 0 radical (unpaired) electrons. The van der Waals surface area contributed by atoms with Crippen LogP contribution in [0.1, 0.15) is 36.8 Å². The fraction of sp³-hybridized carbons (Fsp3) is 0.471. The van der Waals surface area contributed by atoms with Crippen molar-refractivity contribution in [2.45, 2.75) is 56.0 Å². The van der Waals surface area contributed by atoms with Crippen LogP contribution in [-0.2, 0) is 29.3 Å². The summed E-state index contributed by atoms with van der Waals surface area (Å²) in [6, 6.07) is 2.84. The average Bonchev–Trinajstić information content (AvgIpc) is 2.91. The zero-order valence-corrected chi connectivity index (χ0v) is 14.8. The van der Waals surface area contributed by atoms with E-state index in [0.717, 1.165) is 18.5 Å². The number of fused-ring (bicyclic) bond motifs is 3. The van der Waals surface area contributed by atoms with Crippen LogP contribution in [0.5, 0.6) is 0 Å². The van der Waals surface area contributed by atoms with Gasteiger partial charge in [0.15, 0.2) is 0 Å². The van der Waals surface area contributed by atoms with Crippen molar-refractivity contribution >= 4 is 10.0 Å². The minimum atomic E-state index is -3.64. The molecule has 132 valence electrons. The highest BCUT2D eigenvalue weighted by Crippen LogP contribution is 2.36. The molecule has 2 unspecified atom stereocenters. The molecule has 2 aliphatic rings. The standard InChI is InChI=1S/C17H20N4O3S/c1-2-16-19-15-9-12-6-5-11(8-14(15)17(22)20-16)21(12)25(23,24)13-4-3-7-18-10-13/h3-4,7,10-12H,2,5-6,8-9H2,1H3,(H,19,20,22). The van der Waals surface area contributed by atoms with Crippen molar-refractivity contribution in [1.82, 2.24) is 19.3 Å². The summed E-state index contributed by atoms with van der Waals surface area (Å²) in [4.78, 5) is 24.0. The number of pyridine rings is 1. The molecule has 0 saturated carbocycles. The highest BCUT2D eigenvalue weighted by molar-refractivity contribution is 7.89. The van der Waals surface area contributed by atoms with E-state index in [1.165, 1.54) is 6.20 Å². The second-order valence-corrected chi connectivity index (χ2v) is 8.45. The summed E-state index contributed by atoms with van der Waals surface area (Å²) in [5.41, 5.74) is 1.25. The summed E-state index contributed by atoms with van der Waals surface area (Å²) < 4.78 is 27.9. The first-order valence-electron chi connectivity index (χ1n) is 8.55. The summed E-state index contributed by atoms with van der Waals surface area (Å²) in [5, 5.41) is 0. The molecule has 0 aromatic carbocycles. The van der Waals surface area contributed by atoms with E-state index in [9.17, 15) is 13.2 Å².